The fourth-order valence-electron chi connectivity index (χ4n) is 3.57. The summed E-state index contributed by atoms with van der Waals surface area (Å²) in [7, 11) is 0. The van der Waals surface area contributed by atoms with Crippen LogP contribution in [0.25, 0.3) is 38.8 Å². The minimum absolute atomic E-state index is 0.282. The fraction of sp³-hybridized carbons (Fsp3) is 0.0870. The summed E-state index contributed by atoms with van der Waals surface area (Å²) in [5.74, 6) is -0.282. The first-order valence-electron chi connectivity index (χ1n) is 9.19. The highest BCUT2D eigenvalue weighted by molar-refractivity contribution is 7.08. The number of nitrogens with zero attached hydrogens (tertiary/aromatic N) is 4. The fourth-order valence-corrected chi connectivity index (χ4v) is 4.23. The normalized spacial score (nSPS) is 11.2. The van der Waals surface area contributed by atoms with E-state index in [2.05, 4.69) is 16.0 Å². The Labute approximate surface area is 170 Å². The molecule has 0 amide bonds. The zero-order valence-corrected chi connectivity index (χ0v) is 16.2. The second kappa shape index (κ2) is 7.12. The molecule has 3 aromatic heterocycles. The first kappa shape index (κ1) is 17.5. The van der Waals surface area contributed by atoms with Gasteiger partial charge >= 0.3 is 0 Å². The highest BCUT2D eigenvalue weighted by Crippen LogP contribution is 2.32. The highest BCUT2D eigenvalue weighted by Gasteiger charge is 2.14. The van der Waals surface area contributed by atoms with E-state index in [-0.39, 0.29) is 5.82 Å². The molecule has 0 aliphatic carbocycles. The molecule has 0 saturated heterocycles. The SMILES string of the molecule is N#CCCc1ccc(-n2cnc3cnc4cc(F)c(-c5ccsc5)cc4c32)cc1. The molecule has 6 heteroatoms. The number of thiophene rings is 1. The minimum Gasteiger partial charge on any atom is -0.298 e. The van der Waals surface area contributed by atoms with Crippen LogP contribution in [0.5, 0.6) is 0 Å². The van der Waals surface area contributed by atoms with Gasteiger partial charge in [-0.25, -0.2) is 9.37 Å². The summed E-state index contributed by atoms with van der Waals surface area (Å²) in [6.07, 6.45) is 4.68. The molecule has 0 bridgehead atoms. The average Bonchev–Trinajstić information content (AvgIpc) is 3.42. The van der Waals surface area contributed by atoms with Crippen LogP contribution in [0, 0.1) is 17.1 Å². The van der Waals surface area contributed by atoms with E-state index in [1.165, 1.54) is 6.07 Å². The van der Waals surface area contributed by atoms with Crippen LogP contribution in [0.3, 0.4) is 0 Å². The lowest BCUT2D eigenvalue weighted by atomic mass is 10.0. The molecule has 0 atom stereocenters. The molecule has 3 heterocycles. The van der Waals surface area contributed by atoms with Crippen molar-refractivity contribution in [2.24, 2.45) is 0 Å². The Balaban J connectivity index is 1.70. The maximum atomic E-state index is 14.7. The first-order valence-corrected chi connectivity index (χ1v) is 10.1. The number of hydrogen-bond donors (Lipinski definition) is 0. The Morgan fingerprint density at radius 2 is 1.93 bits per heavy atom. The predicted octanol–water partition coefficient (Wildman–Crippen LogP) is 5.90. The van der Waals surface area contributed by atoms with Gasteiger partial charge in [0.25, 0.3) is 0 Å². The monoisotopic (exact) mass is 398 g/mol. The second-order valence-corrected chi connectivity index (χ2v) is 7.57. The van der Waals surface area contributed by atoms with Gasteiger partial charge in [-0.3, -0.25) is 9.55 Å². The molecule has 0 aliphatic rings. The summed E-state index contributed by atoms with van der Waals surface area (Å²) in [6, 6.07) is 15.5. The van der Waals surface area contributed by atoms with Gasteiger partial charge in [-0.15, -0.1) is 0 Å². The molecular weight excluding hydrogens is 383 g/mol. The molecule has 0 fully saturated rings. The average molecular weight is 398 g/mol. The van der Waals surface area contributed by atoms with Crippen molar-refractivity contribution < 1.29 is 4.39 Å². The Hall–Kier alpha value is -3.56. The Kier molecular flexibility index (Phi) is 4.30. The van der Waals surface area contributed by atoms with Crippen molar-refractivity contribution in [3.05, 3.63) is 77.1 Å². The summed E-state index contributed by atoms with van der Waals surface area (Å²) in [4.78, 5) is 8.90. The zero-order chi connectivity index (χ0) is 19.8. The van der Waals surface area contributed by atoms with E-state index in [4.69, 9.17) is 5.26 Å². The number of pyridine rings is 1. The van der Waals surface area contributed by atoms with Gasteiger partial charge in [-0.05, 0) is 52.6 Å². The standard InChI is InChI=1S/C23H15FN4S/c24-20-11-21-19(10-18(20)16-7-9-29-13-16)23-22(12-26-21)27-14-28(23)17-5-3-15(4-6-17)2-1-8-25/h3-7,9-14H,1-2H2. The number of benzene rings is 2. The van der Waals surface area contributed by atoms with E-state index in [0.29, 0.717) is 17.5 Å². The summed E-state index contributed by atoms with van der Waals surface area (Å²) >= 11 is 1.54. The topological polar surface area (TPSA) is 54.5 Å². The molecule has 0 saturated carbocycles. The third kappa shape index (κ3) is 3.06. The Morgan fingerprint density at radius 3 is 2.69 bits per heavy atom. The van der Waals surface area contributed by atoms with Gasteiger partial charge in [0.2, 0.25) is 0 Å². The van der Waals surface area contributed by atoms with E-state index in [1.54, 1.807) is 23.9 Å². The van der Waals surface area contributed by atoms with Crippen LogP contribution in [-0.4, -0.2) is 14.5 Å². The maximum Gasteiger partial charge on any atom is 0.133 e. The molecule has 5 aromatic rings. The van der Waals surface area contributed by atoms with Crippen molar-refractivity contribution in [3.8, 4) is 22.9 Å². The van der Waals surface area contributed by atoms with E-state index in [9.17, 15) is 4.39 Å². The van der Waals surface area contributed by atoms with Crippen LogP contribution in [0.4, 0.5) is 4.39 Å². The van der Waals surface area contributed by atoms with E-state index in [1.807, 2.05) is 51.7 Å². The van der Waals surface area contributed by atoms with Crippen LogP contribution in [-0.2, 0) is 6.42 Å². The molecule has 29 heavy (non-hydrogen) atoms. The Morgan fingerprint density at radius 1 is 1.07 bits per heavy atom. The third-order valence-electron chi connectivity index (χ3n) is 5.03. The zero-order valence-electron chi connectivity index (χ0n) is 15.3. The molecule has 0 spiro atoms. The van der Waals surface area contributed by atoms with Crippen LogP contribution in [0.2, 0.25) is 0 Å². The van der Waals surface area contributed by atoms with Crippen molar-refractivity contribution in [2.45, 2.75) is 12.8 Å². The van der Waals surface area contributed by atoms with E-state index < -0.39 is 0 Å². The molecule has 0 aliphatic heterocycles. The molecule has 0 N–H and O–H groups in total. The quantitative estimate of drug-likeness (QED) is 0.379. The molecule has 0 radical (unpaired) electrons. The number of aromatic nitrogens is 3. The van der Waals surface area contributed by atoms with Crippen molar-refractivity contribution in [2.75, 3.05) is 0 Å². The lowest BCUT2D eigenvalue weighted by Crippen LogP contribution is -1.95. The van der Waals surface area contributed by atoms with Crippen LogP contribution >= 0.6 is 11.3 Å². The smallest absolute Gasteiger partial charge is 0.133 e. The van der Waals surface area contributed by atoms with Gasteiger partial charge in [-0.1, -0.05) is 12.1 Å². The highest BCUT2D eigenvalue weighted by atomic mass is 32.1. The largest absolute Gasteiger partial charge is 0.298 e. The Bertz CT molecular complexity index is 1360. The van der Waals surface area contributed by atoms with Gasteiger partial charge in [0, 0.05) is 29.1 Å². The van der Waals surface area contributed by atoms with Gasteiger partial charge in [0.15, 0.2) is 0 Å². The number of imidazole rings is 1. The van der Waals surface area contributed by atoms with Gasteiger partial charge in [0.1, 0.15) is 17.7 Å². The molecule has 140 valence electrons. The predicted molar refractivity (Wildman–Crippen MR) is 114 cm³/mol. The number of rotatable bonds is 4. The number of fused-ring (bicyclic) bond motifs is 3. The molecular formula is C23H15FN4S. The van der Waals surface area contributed by atoms with Crippen molar-refractivity contribution in [1.29, 1.82) is 5.26 Å². The number of aryl methyl sites for hydroxylation is 1. The minimum atomic E-state index is -0.282. The van der Waals surface area contributed by atoms with Crippen LogP contribution < -0.4 is 0 Å². The van der Waals surface area contributed by atoms with E-state index in [0.717, 1.165) is 39.7 Å². The summed E-state index contributed by atoms with van der Waals surface area (Å²) < 4.78 is 16.7. The maximum absolute atomic E-state index is 14.7. The van der Waals surface area contributed by atoms with Gasteiger partial charge < -0.3 is 0 Å². The van der Waals surface area contributed by atoms with E-state index >= 15 is 0 Å². The second-order valence-electron chi connectivity index (χ2n) is 6.79. The number of halogens is 1. The molecule has 2 aromatic carbocycles. The van der Waals surface area contributed by atoms with Crippen molar-refractivity contribution in [1.82, 2.24) is 14.5 Å². The number of nitriles is 1. The molecule has 5 rings (SSSR count). The summed E-state index contributed by atoms with van der Waals surface area (Å²) in [6.45, 7) is 0. The van der Waals surface area contributed by atoms with Crippen LogP contribution in [0.1, 0.15) is 12.0 Å². The van der Waals surface area contributed by atoms with Gasteiger partial charge in [0.05, 0.1) is 23.3 Å². The summed E-state index contributed by atoms with van der Waals surface area (Å²) in [5, 5.41) is 13.5. The first-order chi connectivity index (χ1) is 14.2. The van der Waals surface area contributed by atoms with Gasteiger partial charge in [-0.2, -0.15) is 16.6 Å². The molecule has 4 nitrogen and oxygen atoms in total. The third-order valence-corrected chi connectivity index (χ3v) is 5.72. The number of hydrogen-bond acceptors (Lipinski definition) is 4. The molecule has 0 unspecified atom stereocenters. The lowest BCUT2D eigenvalue weighted by Gasteiger charge is -2.09. The van der Waals surface area contributed by atoms with Crippen molar-refractivity contribution >= 4 is 33.3 Å². The van der Waals surface area contributed by atoms with Crippen LogP contribution in [0.15, 0.2) is 65.7 Å². The summed E-state index contributed by atoms with van der Waals surface area (Å²) in [5.41, 5.74) is 5.76. The van der Waals surface area contributed by atoms with Crippen molar-refractivity contribution in [3.63, 3.8) is 0 Å². The lowest BCUT2D eigenvalue weighted by molar-refractivity contribution is 0.633.